The highest BCUT2D eigenvalue weighted by Crippen LogP contribution is 2.29. The van der Waals surface area contributed by atoms with Gasteiger partial charge in [-0.05, 0) is 23.6 Å². The van der Waals surface area contributed by atoms with Crippen LogP contribution in [0, 0.1) is 6.92 Å². The van der Waals surface area contributed by atoms with Crippen LogP contribution in [0.2, 0.25) is 0 Å². The molecule has 3 aromatic carbocycles. The SMILES string of the molecule is Cc1cccc(CSCC(=O)N2CCN(C(c3ccccc3)c3ccccc3)CC2)c1. The van der Waals surface area contributed by atoms with Gasteiger partial charge in [0.2, 0.25) is 5.91 Å². The van der Waals surface area contributed by atoms with Crippen molar-refractivity contribution in [3.63, 3.8) is 0 Å². The lowest BCUT2D eigenvalue weighted by molar-refractivity contribution is -0.130. The highest BCUT2D eigenvalue weighted by Gasteiger charge is 2.27. The summed E-state index contributed by atoms with van der Waals surface area (Å²) in [4.78, 5) is 17.3. The van der Waals surface area contributed by atoms with Crippen LogP contribution in [0.5, 0.6) is 0 Å². The zero-order valence-electron chi connectivity index (χ0n) is 18.1. The van der Waals surface area contributed by atoms with Gasteiger partial charge in [-0.15, -0.1) is 11.8 Å². The summed E-state index contributed by atoms with van der Waals surface area (Å²) in [6.45, 7) is 5.47. The van der Waals surface area contributed by atoms with Gasteiger partial charge in [-0.3, -0.25) is 9.69 Å². The first-order valence-electron chi connectivity index (χ1n) is 11.0. The number of carbonyl (C=O) groups is 1. The molecule has 0 saturated carbocycles. The molecule has 0 spiro atoms. The van der Waals surface area contributed by atoms with Gasteiger partial charge in [-0.1, -0.05) is 90.5 Å². The van der Waals surface area contributed by atoms with Gasteiger partial charge < -0.3 is 4.90 Å². The van der Waals surface area contributed by atoms with E-state index in [1.165, 1.54) is 22.3 Å². The molecule has 1 saturated heterocycles. The van der Waals surface area contributed by atoms with Gasteiger partial charge in [0.1, 0.15) is 0 Å². The van der Waals surface area contributed by atoms with Crippen molar-refractivity contribution in [2.45, 2.75) is 18.7 Å². The first-order valence-corrected chi connectivity index (χ1v) is 12.1. The number of aryl methyl sites for hydroxylation is 1. The van der Waals surface area contributed by atoms with Crippen LogP contribution in [0.15, 0.2) is 84.9 Å². The van der Waals surface area contributed by atoms with Gasteiger partial charge >= 0.3 is 0 Å². The quantitative estimate of drug-likeness (QED) is 0.517. The average molecular weight is 431 g/mol. The Hall–Kier alpha value is -2.56. The van der Waals surface area contributed by atoms with Crippen molar-refractivity contribution in [1.82, 2.24) is 9.80 Å². The minimum atomic E-state index is 0.232. The molecule has 4 heteroatoms. The smallest absolute Gasteiger partial charge is 0.232 e. The second-order valence-corrected chi connectivity index (χ2v) is 9.11. The number of nitrogens with zero attached hydrogens (tertiary/aromatic N) is 2. The summed E-state index contributed by atoms with van der Waals surface area (Å²) in [6, 6.07) is 30.1. The molecule has 4 rings (SSSR count). The van der Waals surface area contributed by atoms with Gasteiger partial charge in [-0.25, -0.2) is 0 Å². The van der Waals surface area contributed by atoms with Gasteiger partial charge in [-0.2, -0.15) is 0 Å². The van der Waals surface area contributed by atoms with E-state index < -0.39 is 0 Å². The van der Waals surface area contributed by atoms with Crippen molar-refractivity contribution >= 4 is 17.7 Å². The second-order valence-electron chi connectivity index (χ2n) is 8.12. The van der Waals surface area contributed by atoms with Crippen molar-refractivity contribution in [3.8, 4) is 0 Å². The summed E-state index contributed by atoms with van der Waals surface area (Å²) < 4.78 is 0. The Morgan fingerprint density at radius 3 is 2.03 bits per heavy atom. The fourth-order valence-electron chi connectivity index (χ4n) is 4.26. The Labute approximate surface area is 190 Å². The normalized spacial score (nSPS) is 14.7. The lowest BCUT2D eigenvalue weighted by Gasteiger charge is -2.39. The Morgan fingerprint density at radius 2 is 1.45 bits per heavy atom. The molecule has 31 heavy (non-hydrogen) atoms. The molecule has 0 N–H and O–H groups in total. The Balaban J connectivity index is 1.33. The minimum absolute atomic E-state index is 0.232. The van der Waals surface area contributed by atoms with E-state index in [9.17, 15) is 4.79 Å². The number of hydrogen-bond donors (Lipinski definition) is 0. The number of amides is 1. The molecule has 0 radical (unpaired) electrons. The average Bonchev–Trinajstić information content (AvgIpc) is 2.81. The van der Waals surface area contributed by atoms with Crippen LogP contribution in [0.1, 0.15) is 28.3 Å². The number of piperazine rings is 1. The van der Waals surface area contributed by atoms with Gasteiger partial charge in [0, 0.05) is 31.9 Å². The van der Waals surface area contributed by atoms with Crippen LogP contribution in [-0.4, -0.2) is 47.6 Å². The number of hydrogen-bond acceptors (Lipinski definition) is 3. The largest absolute Gasteiger partial charge is 0.339 e. The molecule has 3 nitrogen and oxygen atoms in total. The van der Waals surface area contributed by atoms with E-state index in [1.54, 1.807) is 11.8 Å². The summed E-state index contributed by atoms with van der Waals surface area (Å²) >= 11 is 1.71. The monoisotopic (exact) mass is 430 g/mol. The number of rotatable bonds is 7. The number of benzene rings is 3. The standard InChI is InChI=1S/C27H30N2OS/c1-22-9-8-10-23(19-22)20-31-21-26(30)28-15-17-29(18-16-28)27(24-11-4-2-5-12-24)25-13-6-3-7-14-25/h2-14,19,27H,15-18,20-21H2,1H3. The third kappa shape index (κ3) is 5.78. The van der Waals surface area contributed by atoms with Gasteiger partial charge in [0.25, 0.3) is 0 Å². The summed E-state index contributed by atoms with van der Waals surface area (Å²) in [6.07, 6.45) is 0. The van der Waals surface area contributed by atoms with Crippen molar-refractivity contribution in [3.05, 3.63) is 107 Å². The summed E-state index contributed by atoms with van der Waals surface area (Å²) in [7, 11) is 0. The van der Waals surface area contributed by atoms with E-state index in [1.807, 2.05) is 4.90 Å². The van der Waals surface area contributed by atoms with Gasteiger partial charge in [0.05, 0.1) is 11.8 Å². The van der Waals surface area contributed by atoms with Crippen LogP contribution >= 0.6 is 11.8 Å². The molecule has 1 fully saturated rings. The topological polar surface area (TPSA) is 23.6 Å². The Kier molecular flexibility index (Phi) is 7.44. The maximum atomic E-state index is 12.8. The zero-order chi connectivity index (χ0) is 21.5. The molecule has 0 bridgehead atoms. The summed E-state index contributed by atoms with van der Waals surface area (Å²) in [5.74, 6) is 1.69. The fourth-order valence-corrected chi connectivity index (χ4v) is 5.14. The molecule has 0 aliphatic carbocycles. The molecular formula is C27H30N2OS. The summed E-state index contributed by atoms with van der Waals surface area (Å²) in [5, 5.41) is 0. The Bertz CT molecular complexity index is 929. The molecule has 0 unspecified atom stereocenters. The van der Waals surface area contributed by atoms with Crippen LogP contribution in [0.4, 0.5) is 0 Å². The number of thioether (sulfide) groups is 1. The molecule has 1 amide bonds. The lowest BCUT2D eigenvalue weighted by Crippen LogP contribution is -2.50. The molecule has 0 aromatic heterocycles. The van der Waals surface area contributed by atoms with Crippen LogP contribution in [0.25, 0.3) is 0 Å². The van der Waals surface area contributed by atoms with E-state index in [0.717, 1.165) is 31.9 Å². The van der Waals surface area contributed by atoms with Crippen molar-refractivity contribution in [1.29, 1.82) is 0 Å². The van der Waals surface area contributed by atoms with E-state index in [-0.39, 0.29) is 11.9 Å². The van der Waals surface area contributed by atoms with E-state index in [2.05, 4.69) is 96.8 Å². The lowest BCUT2D eigenvalue weighted by atomic mass is 9.96. The van der Waals surface area contributed by atoms with Crippen molar-refractivity contribution in [2.75, 3.05) is 31.9 Å². The first-order chi connectivity index (χ1) is 15.2. The molecule has 3 aromatic rings. The zero-order valence-corrected chi connectivity index (χ0v) is 18.9. The van der Waals surface area contributed by atoms with E-state index in [4.69, 9.17) is 0 Å². The van der Waals surface area contributed by atoms with E-state index >= 15 is 0 Å². The molecular weight excluding hydrogens is 400 g/mol. The highest BCUT2D eigenvalue weighted by atomic mass is 32.2. The van der Waals surface area contributed by atoms with Crippen LogP contribution in [0.3, 0.4) is 0 Å². The molecule has 0 atom stereocenters. The Morgan fingerprint density at radius 1 is 0.839 bits per heavy atom. The minimum Gasteiger partial charge on any atom is -0.339 e. The summed E-state index contributed by atoms with van der Waals surface area (Å²) in [5.41, 5.74) is 5.17. The molecule has 1 aliphatic heterocycles. The maximum Gasteiger partial charge on any atom is 0.232 e. The van der Waals surface area contributed by atoms with Crippen LogP contribution in [-0.2, 0) is 10.5 Å². The molecule has 1 heterocycles. The highest BCUT2D eigenvalue weighted by molar-refractivity contribution is 7.99. The number of carbonyl (C=O) groups excluding carboxylic acids is 1. The van der Waals surface area contributed by atoms with Crippen LogP contribution < -0.4 is 0 Å². The predicted octanol–water partition coefficient (Wildman–Crippen LogP) is 5.16. The maximum absolute atomic E-state index is 12.8. The third-order valence-corrected chi connectivity index (χ3v) is 6.83. The third-order valence-electron chi connectivity index (χ3n) is 5.84. The first kappa shape index (κ1) is 21.7. The van der Waals surface area contributed by atoms with Gasteiger partial charge in [0.15, 0.2) is 0 Å². The van der Waals surface area contributed by atoms with Crippen molar-refractivity contribution < 1.29 is 4.79 Å². The van der Waals surface area contributed by atoms with E-state index in [0.29, 0.717) is 5.75 Å². The molecule has 160 valence electrons. The van der Waals surface area contributed by atoms with Crippen molar-refractivity contribution in [2.24, 2.45) is 0 Å². The predicted molar refractivity (Wildman–Crippen MR) is 130 cm³/mol. The second kappa shape index (κ2) is 10.7. The fraction of sp³-hybridized carbons (Fsp3) is 0.296. The molecule has 1 aliphatic rings.